The summed E-state index contributed by atoms with van der Waals surface area (Å²) in [5, 5.41) is 3.21. The molecule has 132 valence electrons. The van der Waals surface area contributed by atoms with Crippen molar-refractivity contribution in [3.63, 3.8) is 0 Å². The third kappa shape index (κ3) is 4.29. The molecule has 0 saturated carbocycles. The van der Waals surface area contributed by atoms with E-state index < -0.39 is 5.91 Å². The summed E-state index contributed by atoms with van der Waals surface area (Å²) >= 11 is 1.32. The topological polar surface area (TPSA) is 81.4 Å². The standard InChI is InChI=1S/C20H18N2O3S/c1-13-11-17(18(21)23)20(26-13)22-19(24)15-7-9-16(10-8-15)25-12-14-5-3-2-4-6-14/h2-11H,12H2,1H3,(H2,21,23)(H,22,24). The number of anilines is 1. The fraction of sp³-hybridized carbons (Fsp3) is 0.100. The molecule has 3 rings (SSSR count). The molecule has 6 heteroatoms. The molecule has 3 N–H and O–H groups in total. The molecular formula is C20H18N2O3S. The van der Waals surface area contributed by atoms with Gasteiger partial charge in [0.1, 0.15) is 17.4 Å². The summed E-state index contributed by atoms with van der Waals surface area (Å²) in [5.41, 5.74) is 7.21. The molecule has 0 atom stereocenters. The Labute approximate surface area is 155 Å². The molecule has 3 aromatic rings. The van der Waals surface area contributed by atoms with E-state index in [0.29, 0.717) is 28.5 Å². The number of nitrogens with two attached hydrogens (primary N) is 1. The van der Waals surface area contributed by atoms with Gasteiger partial charge >= 0.3 is 0 Å². The Bertz CT molecular complexity index is 918. The maximum Gasteiger partial charge on any atom is 0.256 e. The van der Waals surface area contributed by atoms with Crippen LogP contribution in [0.2, 0.25) is 0 Å². The molecule has 2 amide bonds. The Balaban J connectivity index is 1.65. The maximum atomic E-state index is 12.4. The fourth-order valence-electron chi connectivity index (χ4n) is 2.41. The molecule has 0 radical (unpaired) electrons. The lowest BCUT2D eigenvalue weighted by Gasteiger charge is -2.08. The summed E-state index contributed by atoms with van der Waals surface area (Å²) in [6.45, 7) is 2.31. The van der Waals surface area contributed by atoms with Gasteiger partial charge in [-0.25, -0.2) is 0 Å². The Hall–Kier alpha value is -3.12. The molecule has 0 aliphatic heterocycles. The van der Waals surface area contributed by atoms with E-state index in [0.717, 1.165) is 10.4 Å². The number of benzene rings is 2. The van der Waals surface area contributed by atoms with Gasteiger partial charge in [-0.15, -0.1) is 11.3 Å². The van der Waals surface area contributed by atoms with Gasteiger partial charge in [-0.1, -0.05) is 30.3 Å². The van der Waals surface area contributed by atoms with Crippen LogP contribution in [-0.2, 0) is 6.61 Å². The monoisotopic (exact) mass is 366 g/mol. The van der Waals surface area contributed by atoms with Crippen molar-refractivity contribution in [3.05, 3.63) is 82.2 Å². The van der Waals surface area contributed by atoms with E-state index in [1.54, 1.807) is 30.3 Å². The first-order valence-corrected chi connectivity index (χ1v) is 8.83. The maximum absolute atomic E-state index is 12.4. The van der Waals surface area contributed by atoms with Crippen LogP contribution in [0.5, 0.6) is 5.75 Å². The second kappa shape index (κ2) is 7.84. The first-order valence-electron chi connectivity index (χ1n) is 8.01. The Morgan fingerprint density at radius 2 is 1.77 bits per heavy atom. The van der Waals surface area contributed by atoms with Crippen molar-refractivity contribution in [1.29, 1.82) is 0 Å². The molecule has 0 fully saturated rings. The van der Waals surface area contributed by atoms with Crippen LogP contribution < -0.4 is 15.8 Å². The first kappa shape index (κ1) is 17.7. The van der Waals surface area contributed by atoms with E-state index in [1.165, 1.54) is 11.3 Å². The molecule has 0 unspecified atom stereocenters. The highest BCUT2D eigenvalue weighted by molar-refractivity contribution is 7.16. The molecule has 0 bridgehead atoms. The number of hydrogen-bond acceptors (Lipinski definition) is 4. The molecular weight excluding hydrogens is 348 g/mol. The second-order valence-electron chi connectivity index (χ2n) is 5.72. The van der Waals surface area contributed by atoms with Gasteiger partial charge in [-0.05, 0) is 42.8 Å². The van der Waals surface area contributed by atoms with Crippen molar-refractivity contribution >= 4 is 28.2 Å². The first-order chi connectivity index (χ1) is 12.5. The van der Waals surface area contributed by atoms with Crippen LogP contribution >= 0.6 is 11.3 Å². The molecule has 0 spiro atoms. The Morgan fingerprint density at radius 1 is 1.08 bits per heavy atom. The zero-order valence-electron chi connectivity index (χ0n) is 14.2. The van der Waals surface area contributed by atoms with Crippen LogP contribution in [0, 0.1) is 6.92 Å². The average molecular weight is 366 g/mol. The molecule has 0 aliphatic rings. The van der Waals surface area contributed by atoms with Crippen molar-refractivity contribution in [1.82, 2.24) is 0 Å². The Morgan fingerprint density at radius 3 is 2.42 bits per heavy atom. The summed E-state index contributed by atoms with van der Waals surface area (Å²) in [4.78, 5) is 24.7. The van der Waals surface area contributed by atoms with Crippen molar-refractivity contribution < 1.29 is 14.3 Å². The number of primary amides is 1. The fourth-order valence-corrected chi connectivity index (χ4v) is 3.32. The van der Waals surface area contributed by atoms with E-state index in [9.17, 15) is 9.59 Å². The lowest BCUT2D eigenvalue weighted by Crippen LogP contribution is -2.16. The van der Waals surface area contributed by atoms with Gasteiger partial charge in [0.2, 0.25) is 0 Å². The quantitative estimate of drug-likeness (QED) is 0.692. The molecule has 1 heterocycles. The minimum absolute atomic E-state index is 0.302. The van der Waals surface area contributed by atoms with E-state index >= 15 is 0 Å². The van der Waals surface area contributed by atoms with Crippen LogP contribution in [0.15, 0.2) is 60.7 Å². The van der Waals surface area contributed by atoms with Gasteiger partial charge in [0.25, 0.3) is 11.8 Å². The van der Waals surface area contributed by atoms with Gasteiger partial charge < -0.3 is 15.8 Å². The number of aryl methyl sites for hydroxylation is 1. The van der Waals surface area contributed by atoms with E-state index in [-0.39, 0.29) is 5.91 Å². The number of hydrogen-bond donors (Lipinski definition) is 2. The Kier molecular flexibility index (Phi) is 5.34. The second-order valence-corrected chi connectivity index (χ2v) is 6.97. The number of thiophene rings is 1. The number of nitrogens with one attached hydrogen (secondary N) is 1. The van der Waals surface area contributed by atoms with Crippen molar-refractivity contribution in [2.75, 3.05) is 5.32 Å². The van der Waals surface area contributed by atoms with E-state index in [2.05, 4.69) is 5.32 Å². The normalized spacial score (nSPS) is 10.3. The largest absolute Gasteiger partial charge is 0.489 e. The van der Waals surface area contributed by atoms with Crippen LogP contribution in [0.25, 0.3) is 0 Å². The number of rotatable bonds is 6. The molecule has 2 aromatic carbocycles. The van der Waals surface area contributed by atoms with Crippen molar-refractivity contribution in [2.24, 2.45) is 5.73 Å². The summed E-state index contributed by atoms with van der Waals surface area (Å²) in [6, 6.07) is 18.4. The number of ether oxygens (including phenoxy) is 1. The third-order valence-electron chi connectivity index (χ3n) is 3.71. The van der Waals surface area contributed by atoms with Gasteiger partial charge in [-0.2, -0.15) is 0 Å². The summed E-state index contributed by atoms with van der Waals surface area (Å²) in [7, 11) is 0. The molecule has 26 heavy (non-hydrogen) atoms. The van der Waals surface area contributed by atoms with Gasteiger partial charge in [-0.3, -0.25) is 9.59 Å². The highest BCUT2D eigenvalue weighted by atomic mass is 32.1. The van der Waals surface area contributed by atoms with E-state index in [4.69, 9.17) is 10.5 Å². The molecule has 0 saturated heterocycles. The predicted molar refractivity (Wildman–Crippen MR) is 103 cm³/mol. The van der Waals surface area contributed by atoms with Gasteiger partial charge in [0.15, 0.2) is 0 Å². The van der Waals surface area contributed by atoms with Crippen LogP contribution in [0.1, 0.15) is 31.2 Å². The minimum Gasteiger partial charge on any atom is -0.489 e. The molecule has 1 aromatic heterocycles. The average Bonchev–Trinajstić information content (AvgIpc) is 3.02. The number of carbonyl (C=O) groups is 2. The number of amides is 2. The zero-order valence-corrected chi connectivity index (χ0v) is 15.0. The van der Waals surface area contributed by atoms with E-state index in [1.807, 2.05) is 37.3 Å². The summed E-state index contributed by atoms with van der Waals surface area (Å²) in [6.07, 6.45) is 0. The van der Waals surface area contributed by atoms with Crippen LogP contribution in [0.4, 0.5) is 5.00 Å². The molecule has 0 aliphatic carbocycles. The highest BCUT2D eigenvalue weighted by Gasteiger charge is 2.15. The van der Waals surface area contributed by atoms with Gasteiger partial charge in [0, 0.05) is 10.4 Å². The van der Waals surface area contributed by atoms with Crippen molar-refractivity contribution in [2.45, 2.75) is 13.5 Å². The van der Waals surface area contributed by atoms with Crippen LogP contribution in [-0.4, -0.2) is 11.8 Å². The summed E-state index contributed by atoms with van der Waals surface area (Å²) in [5.74, 6) is -0.187. The van der Waals surface area contributed by atoms with Crippen LogP contribution in [0.3, 0.4) is 0 Å². The smallest absolute Gasteiger partial charge is 0.256 e. The van der Waals surface area contributed by atoms with Crippen molar-refractivity contribution in [3.8, 4) is 5.75 Å². The summed E-state index contributed by atoms with van der Waals surface area (Å²) < 4.78 is 5.71. The lowest BCUT2D eigenvalue weighted by molar-refractivity contribution is 0.100. The molecule has 5 nitrogen and oxygen atoms in total. The third-order valence-corrected chi connectivity index (χ3v) is 4.68. The zero-order chi connectivity index (χ0) is 18.5. The lowest BCUT2D eigenvalue weighted by atomic mass is 10.2. The van der Waals surface area contributed by atoms with Gasteiger partial charge in [0.05, 0.1) is 5.56 Å². The number of carbonyl (C=O) groups excluding carboxylic acids is 2. The SMILES string of the molecule is Cc1cc(C(N)=O)c(NC(=O)c2ccc(OCc3ccccc3)cc2)s1. The minimum atomic E-state index is -0.561. The predicted octanol–water partition coefficient (Wildman–Crippen LogP) is 3.99. The highest BCUT2D eigenvalue weighted by Crippen LogP contribution is 2.27.